The van der Waals surface area contributed by atoms with Crippen LogP contribution in [-0.4, -0.2) is 57.2 Å². The number of para-hydroxylation sites is 1. The van der Waals surface area contributed by atoms with Crippen molar-refractivity contribution in [2.24, 2.45) is 34.4 Å². The quantitative estimate of drug-likeness (QED) is 0.216. The minimum Gasteiger partial charge on any atom is -0.390 e. The minimum atomic E-state index is -1.31. The third-order valence-electron chi connectivity index (χ3n) is 8.94. The van der Waals surface area contributed by atoms with E-state index in [0.29, 0.717) is 51.0 Å². The van der Waals surface area contributed by atoms with Gasteiger partial charge in [-0.1, -0.05) is 42.5 Å². The maximum Gasteiger partial charge on any atom is 0.188 e. The second-order valence-corrected chi connectivity index (χ2v) is 10.9. The van der Waals surface area contributed by atoms with Crippen molar-refractivity contribution < 1.29 is 15.3 Å². The molecular formula is C28H38N4O3. The molecular weight excluding hydrogens is 440 g/mol. The lowest BCUT2D eigenvalue weighted by Gasteiger charge is -2.40. The number of allylic oxidation sites excluding steroid dienone is 2. The average Bonchev–Trinajstić information content (AvgIpc) is 3.33. The van der Waals surface area contributed by atoms with E-state index in [4.69, 9.17) is 5.73 Å². The average molecular weight is 479 g/mol. The van der Waals surface area contributed by atoms with Crippen molar-refractivity contribution in [3.63, 3.8) is 0 Å². The number of H-pyrrole nitrogens is 1. The van der Waals surface area contributed by atoms with Crippen molar-refractivity contribution in [1.29, 1.82) is 0 Å². The fourth-order valence-corrected chi connectivity index (χ4v) is 7.10. The van der Waals surface area contributed by atoms with Crippen molar-refractivity contribution in [2.45, 2.75) is 55.8 Å². The number of hydrogen-bond donors (Lipinski definition) is 6. The fourth-order valence-electron chi connectivity index (χ4n) is 7.10. The lowest BCUT2D eigenvalue weighted by molar-refractivity contribution is -0.102. The Morgan fingerprint density at radius 3 is 2.83 bits per heavy atom. The highest BCUT2D eigenvalue weighted by molar-refractivity contribution is 5.80. The second kappa shape index (κ2) is 9.12. The highest BCUT2D eigenvalue weighted by Crippen LogP contribution is 2.57. The molecule has 7 atom stereocenters. The Balaban J connectivity index is 1.42. The molecule has 1 aromatic carbocycles. The van der Waals surface area contributed by atoms with E-state index in [1.165, 1.54) is 5.39 Å². The highest BCUT2D eigenvalue weighted by atomic mass is 16.3. The van der Waals surface area contributed by atoms with E-state index < -0.39 is 17.3 Å². The molecule has 0 spiro atoms. The number of aromatic nitrogens is 1. The van der Waals surface area contributed by atoms with Crippen LogP contribution < -0.4 is 11.1 Å². The van der Waals surface area contributed by atoms with Crippen LogP contribution in [0.4, 0.5) is 0 Å². The molecule has 1 heterocycles. The zero-order valence-corrected chi connectivity index (χ0v) is 20.5. The van der Waals surface area contributed by atoms with Crippen molar-refractivity contribution >= 4 is 16.9 Å². The number of aromatic amines is 1. The SMILES string of the molecule is C=C(Cc1cc2ccccc2[nH]1)[C@@H]1C[C@H]2[C@H](C[C@@H](O)[C@@]2(O)CCNC(N)=NC)[C@@]2(O)CC=C[C@@H]1C2. The van der Waals surface area contributed by atoms with Crippen LogP contribution in [0.2, 0.25) is 0 Å². The zero-order valence-electron chi connectivity index (χ0n) is 20.5. The van der Waals surface area contributed by atoms with Gasteiger partial charge >= 0.3 is 0 Å². The summed E-state index contributed by atoms with van der Waals surface area (Å²) in [5.74, 6) is 0.170. The first-order valence-corrected chi connectivity index (χ1v) is 12.7. The highest BCUT2D eigenvalue weighted by Gasteiger charge is 2.61. The maximum absolute atomic E-state index is 11.8. The van der Waals surface area contributed by atoms with E-state index in [9.17, 15) is 15.3 Å². The zero-order chi connectivity index (χ0) is 24.8. The second-order valence-electron chi connectivity index (χ2n) is 10.9. The molecule has 2 aromatic rings. The first-order chi connectivity index (χ1) is 16.7. The number of aliphatic imine (C=N–C) groups is 1. The molecule has 7 N–H and O–H groups in total. The van der Waals surface area contributed by atoms with Crippen LogP contribution in [0, 0.1) is 23.7 Å². The van der Waals surface area contributed by atoms with E-state index in [1.807, 2.05) is 12.1 Å². The predicted molar refractivity (Wildman–Crippen MR) is 139 cm³/mol. The van der Waals surface area contributed by atoms with Gasteiger partial charge < -0.3 is 31.4 Å². The molecule has 3 aliphatic carbocycles. The standard InChI is InChI=1S/C28H38N4O3/c1-17(12-20-13-18-6-3-4-8-24(18)32-20)21-14-23-22(27(34)9-5-7-19(21)16-27)15-25(33)28(23,35)10-11-31-26(29)30-2/h3-8,13,19,21-23,25,32-35H,1,9-12,14-16H2,2H3,(H3,29,30,31)/t19-,21+,22+,23+,25-,27-,28-/m1/s1. The molecule has 5 rings (SSSR count). The van der Waals surface area contributed by atoms with E-state index in [2.05, 4.69) is 52.2 Å². The fraction of sp³-hybridized carbons (Fsp3) is 0.536. The predicted octanol–water partition coefficient (Wildman–Crippen LogP) is 2.64. The van der Waals surface area contributed by atoms with Gasteiger partial charge in [0.05, 0.1) is 17.3 Å². The number of aliphatic hydroxyl groups is 3. The van der Waals surface area contributed by atoms with E-state index in [1.54, 1.807) is 7.05 Å². The van der Waals surface area contributed by atoms with Crippen molar-refractivity contribution in [1.82, 2.24) is 10.3 Å². The molecule has 2 saturated carbocycles. The molecule has 188 valence electrons. The third-order valence-corrected chi connectivity index (χ3v) is 8.94. The topological polar surface area (TPSA) is 127 Å². The normalized spacial score (nSPS) is 36.7. The minimum absolute atomic E-state index is 0.103. The molecule has 7 nitrogen and oxygen atoms in total. The van der Waals surface area contributed by atoms with Gasteiger partial charge in [-0.15, -0.1) is 0 Å². The van der Waals surface area contributed by atoms with Crippen LogP contribution in [0.1, 0.15) is 37.8 Å². The van der Waals surface area contributed by atoms with Gasteiger partial charge in [-0.3, -0.25) is 4.99 Å². The maximum atomic E-state index is 11.8. The summed E-state index contributed by atoms with van der Waals surface area (Å²) in [6, 6.07) is 10.4. The van der Waals surface area contributed by atoms with Crippen LogP contribution in [0.15, 0.2) is 59.6 Å². The van der Waals surface area contributed by atoms with E-state index >= 15 is 0 Å². The largest absolute Gasteiger partial charge is 0.390 e. The van der Waals surface area contributed by atoms with Crippen molar-refractivity contribution in [3.05, 3.63) is 60.3 Å². The summed E-state index contributed by atoms with van der Waals surface area (Å²) in [6.45, 7) is 4.91. The van der Waals surface area contributed by atoms with Gasteiger partial charge in [0.2, 0.25) is 0 Å². The Hall–Kier alpha value is -2.61. The number of nitrogens with two attached hydrogens (primary N) is 1. The molecule has 0 saturated heterocycles. The molecule has 0 unspecified atom stereocenters. The summed E-state index contributed by atoms with van der Waals surface area (Å²) in [7, 11) is 1.61. The molecule has 2 fully saturated rings. The summed E-state index contributed by atoms with van der Waals surface area (Å²) < 4.78 is 0. The number of benzene rings is 1. The Kier molecular flexibility index (Phi) is 6.28. The molecule has 2 bridgehead atoms. The Morgan fingerprint density at radius 1 is 1.26 bits per heavy atom. The number of nitrogens with one attached hydrogen (secondary N) is 2. The Morgan fingerprint density at radius 2 is 2.06 bits per heavy atom. The van der Waals surface area contributed by atoms with Gasteiger partial charge in [-0.2, -0.15) is 0 Å². The molecule has 7 heteroatoms. The molecule has 0 radical (unpaired) electrons. The number of fused-ring (bicyclic) bond motifs is 5. The number of hydrogen-bond acceptors (Lipinski definition) is 4. The first kappa shape index (κ1) is 24.1. The van der Waals surface area contributed by atoms with Crippen LogP contribution in [-0.2, 0) is 6.42 Å². The van der Waals surface area contributed by atoms with Gasteiger partial charge in [-0.05, 0) is 73.3 Å². The summed E-state index contributed by atoms with van der Waals surface area (Å²) in [5.41, 5.74) is 6.87. The number of aliphatic hydroxyl groups excluding tert-OH is 1. The lowest BCUT2D eigenvalue weighted by atomic mass is 9.71. The van der Waals surface area contributed by atoms with Crippen LogP contribution >= 0.6 is 0 Å². The van der Waals surface area contributed by atoms with Crippen molar-refractivity contribution in [2.75, 3.05) is 13.6 Å². The molecule has 3 aliphatic rings. The van der Waals surface area contributed by atoms with E-state index in [0.717, 1.165) is 16.8 Å². The summed E-state index contributed by atoms with van der Waals surface area (Å²) in [4.78, 5) is 7.42. The van der Waals surface area contributed by atoms with E-state index in [-0.39, 0.29) is 23.7 Å². The Bertz CT molecular complexity index is 1120. The smallest absolute Gasteiger partial charge is 0.188 e. The summed E-state index contributed by atoms with van der Waals surface area (Å²) >= 11 is 0. The number of guanidine groups is 1. The molecule has 35 heavy (non-hydrogen) atoms. The van der Waals surface area contributed by atoms with Gasteiger partial charge in [0.1, 0.15) is 0 Å². The number of rotatable bonds is 6. The summed E-state index contributed by atoms with van der Waals surface area (Å²) in [5, 5.41) is 38.9. The third kappa shape index (κ3) is 4.30. The van der Waals surface area contributed by atoms with Crippen LogP contribution in [0.3, 0.4) is 0 Å². The van der Waals surface area contributed by atoms with Crippen LogP contribution in [0.25, 0.3) is 10.9 Å². The van der Waals surface area contributed by atoms with Gasteiger partial charge in [-0.25, -0.2) is 0 Å². The molecule has 0 amide bonds. The summed E-state index contributed by atoms with van der Waals surface area (Å²) in [6.07, 6.45) is 6.75. The first-order valence-electron chi connectivity index (χ1n) is 12.7. The number of nitrogens with zero attached hydrogens (tertiary/aromatic N) is 1. The van der Waals surface area contributed by atoms with Gasteiger partial charge in [0.25, 0.3) is 0 Å². The molecule has 0 aliphatic heterocycles. The van der Waals surface area contributed by atoms with Crippen molar-refractivity contribution in [3.8, 4) is 0 Å². The lowest BCUT2D eigenvalue weighted by Crippen LogP contribution is -2.49. The Labute approximate surface area is 206 Å². The van der Waals surface area contributed by atoms with Gasteiger partial charge in [0.15, 0.2) is 5.96 Å². The molecule has 1 aromatic heterocycles. The monoisotopic (exact) mass is 478 g/mol. The van der Waals surface area contributed by atoms with Crippen LogP contribution in [0.5, 0.6) is 0 Å². The van der Waals surface area contributed by atoms with Gasteiger partial charge in [0, 0.05) is 31.2 Å².